The maximum Gasteiger partial charge on any atom is 0.312 e. The smallest absolute Gasteiger partial charge is 0.312 e. The number of hydrogen-bond acceptors (Lipinski definition) is 3. The van der Waals surface area contributed by atoms with Gasteiger partial charge in [0.1, 0.15) is 12.4 Å². The number of carbonyl (C=O) groups is 1. The molecule has 16 heavy (non-hydrogen) atoms. The topological polar surface area (TPSA) is 35.5 Å². The van der Waals surface area contributed by atoms with E-state index in [9.17, 15) is 4.79 Å². The Morgan fingerprint density at radius 3 is 3.19 bits per heavy atom. The minimum atomic E-state index is -0.217. The van der Waals surface area contributed by atoms with Gasteiger partial charge in [-0.05, 0) is 37.1 Å². The van der Waals surface area contributed by atoms with Gasteiger partial charge < -0.3 is 9.47 Å². The number of hydrogen-bond donors (Lipinski definition) is 0. The van der Waals surface area contributed by atoms with Crippen molar-refractivity contribution < 1.29 is 14.3 Å². The van der Waals surface area contributed by atoms with Crippen LogP contribution >= 0.6 is 11.6 Å². The molecule has 3 nitrogen and oxygen atoms in total. The van der Waals surface area contributed by atoms with Crippen LogP contribution < -0.4 is 4.74 Å². The maximum atomic E-state index is 11.6. The number of carbonyl (C=O) groups excluding carboxylic acids is 1. The average Bonchev–Trinajstić information content (AvgIpc) is 2.28. The molecule has 0 aliphatic carbocycles. The molecule has 0 aromatic heterocycles. The Balaban J connectivity index is 2.13. The van der Waals surface area contributed by atoms with Gasteiger partial charge in [0, 0.05) is 5.02 Å². The molecular formula is C12H13ClO3. The third-order valence-corrected chi connectivity index (χ3v) is 2.78. The lowest BCUT2D eigenvalue weighted by Crippen LogP contribution is -2.29. The molecule has 86 valence electrons. The maximum absolute atomic E-state index is 11.6. The summed E-state index contributed by atoms with van der Waals surface area (Å²) in [5, 5.41) is 0.659. The molecule has 0 saturated heterocycles. The third kappa shape index (κ3) is 2.30. The van der Waals surface area contributed by atoms with Crippen LogP contribution in [0.4, 0.5) is 0 Å². The highest BCUT2D eigenvalue weighted by molar-refractivity contribution is 6.30. The minimum absolute atomic E-state index is 0.201. The van der Waals surface area contributed by atoms with Crippen LogP contribution in [0.25, 0.3) is 0 Å². The molecule has 1 unspecified atom stereocenters. The van der Waals surface area contributed by atoms with Gasteiger partial charge in [-0.25, -0.2) is 0 Å². The van der Waals surface area contributed by atoms with Crippen molar-refractivity contribution in [2.45, 2.75) is 13.3 Å². The summed E-state index contributed by atoms with van der Waals surface area (Å²) in [6.45, 7) is 2.58. The summed E-state index contributed by atoms with van der Waals surface area (Å²) in [5.41, 5.74) is 0.969. The van der Waals surface area contributed by atoms with Gasteiger partial charge in [0.05, 0.1) is 12.5 Å². The van der Waals surface area contributed by atoms with Gasteiger partial charge in [0.15, 0.2) is 0 Å². The van der Waals surface area contributed by atoms with Crippen molar-refractivity contribution in [3.8, 4) is 5.75 Å². The van der Waals surface area contributed by atoms with Crippen LogP contribution in [-0.4, -0.2) is 19.2 Å². The lowest BCUT2D eigenvalue weighted by atomic mass is 9.97. The van der Waals surface area contributed by atoms with Crippen molar-refractivity contribution in [2.75, 3.05) is 13.2 Å². The van der Waals surface area contributed by atoms with Crippen LogP contribution in [0.2, 0.25) is 5.02 Å². The summed E-state index contributed by atoms with van der Waals surface area (Å²) >= 11 is 5.89. The average molecular weight is 241 g/mol. The fourth-order valence-corrected chi connectivity index (χ4v) is 1.97. The molecule has 0 saturated carbocycles. The van der Waals surface area contributed by atoms with Crippen LogP contribution in [0.3, 0.4) is 0 Å². The summed E-state index contributed by atoms with van der Waals surface area (Å²) in [4.78, 5) is 11.6. The Morgan fingerprint density at radius 1 is 1.62 bits per heavy atom. The first-order valence-electron chi connectivity index (χ1n) is 5.28. The highest BCUT2D eigenvalue weighted by atomic mass is 35.5. The van der Waals surface area contributed by atoms with Gasteiger partial charge >= 0.3 is 5.97 Å². The van der Waals surface area contributed by atoms with E-state index in [2.05, 4.69) is 0 Å². The quantitative estimate of drug-likeness (QED) is 0.745. The standard InChI is InChI=1S/C12H13ClO3/c1-2-15-12(14)9-5-8-6-10(13)3-4-11(8)16-7-9/h3-4,6,9H,2,5,7H2,1H3. The van der Waals surface area contributed by atoms with E-state index in [0.29, 0.717) is 24.7 Å². The first kappa shape index (κ1) is 11.3. The Labute approximate surface area is 99.3 Å². The summed E-state index contributed by atoms with van der Waals surface area (Å²) in [5.74, 6) is 0.393. The van der Waals surface area contributed by atoms with Crippen molar-refractivity contribution in [1.82, 2.24) is 0 Å². The molecule has 1 aliphatic heterocycles. The second kappa shape index (κ2) is 4.74. The number of halogens is 1. The largest absolute Gasteiger partial charge is 0.492 e. The first-order chi connectivity index (χ1) is 7.70. The van der Waals surface area contributed by atoms with E-state index in [0.717, 1.165) is 11.3 Å². The molecule has 1 aromatic rings. The molecule has 0 bridgehead atoms. The summed E-state index contributed by atoms with van der Waals surface area (Å²) in [7, 11) is 0. The fourth-order valence-electron chi connectivity index (χ4n) is 1.77. The van der Waals surface area contributed by atoms with Gasteiger partial charge in [-0.3, -0.25) is 4.79 Å². The Kier molecular flexibility index (Phi) is 3.34. The normalized spacial score (nSPS) is 18.5. The summed E-state index contributed by atoms with van der Waals surface area (Å²) < 4.78 is 10.5. The predicted molar refractivity (Wildman–Crippen MR) is 60.8 cm³/mol. The number of benzene rings is 1. The van der Waals surface area contributed by atoms with E-state index in [1.165, 1.54) is 0 Å². The lowest BCUT2D eigenvalue weighted by molar-refractivity contribution is -0.149. The molecule has 2 rings (SSSR count). The van der Waals surface area contributed by atoms with Gasteiger partial charge in [0.25, 0.3) is 0 Å². The molecule has 1 aromatic carbocycles. The molecule has 0 amide bonds. The highest BCUT2D eigenvalue weighted by Gasteiger charge is 2.27. The zero-order valence-corrected chi connectivity index (χ0v) is 9.79. The van der Waals surface area contributed by atoms with Crippen molar-refractivity contribution in [3.05, 3.63) is 28.8 Å². The molecule has 0 fully saturated rings. The summed E-state index contributed by atoms with van der Waals surface area (Å²) in [6, 6.07) is 5.45. The van der Waals surface area contributed by atoms with E-state index in [4.69, 9.17) is 21.1 Å². The number of fused-ring (bicyclic) bond motifs is 1. The van der Waals surface area contributed by atoms with E-state index >= 15 is 0 Å². The van der Waals surface area contributed by atoms with Gasteiger partial charge in [-0.15, -0.1) is 0 Å². The zero-order chi connectivity index (χ0) is 11.5. The Hall–Kier alpha value is -1.22. The van der Waals surface area contributed by atoms with E-state index < -0.39 is 0 Å². The van der Waals surface area contributed by atoms with Crippen molar-refractivity contribution in [3.63, 3.8) is 0 Å². The molecule has 1 aliphatic rings. The third-order valence-electron chi connectivity index (χ3n) is 2.55. The van der Waals surface area contributed by atoms with Crippen molar-refractivity contribution >= 4 is 17.6 Å². The first-order valence-corrected chi connectivity index (χ1v) is 5.66. The van der Waals surface area contributed by atoms with E-state index in [1.807, 2.05) is 12.1 Å². The molecule has 0 spiro atoms. The molecule has 1 atom stereocenters. The Bertz CT molecular complexity index is 403. The van der Waals surface area contributed by atoms with E-state index in [1.54, 1.807) is 13.0 Å². The molecule has 4 heteroatoms. The molecule has 0 N–H and O–H groups in total. The molecule has 1 heterocycles. The van der Waals surface area contributed by atoms with Crippen LogP contribution in [-0.2, 0) is 16.0 Å². The number of rotatable bonds is 2. The predicted octanol–water partition coefficient (Wildman–Crippen LogP) is 2.45. The van der Waals surface area contributed by atoms with Crippen LogP contribution in [0, 0.1) is 5.92 Å². The highest BCUT2D eigenvalue weighted by Crippen LogP contribution is 2.30. The molecule has 0 radical (unpaired) electrons. The monoisotopic (exact) mass is 240 g/mol. The summed E-state index contributed by atoms with van der Waals surface area (Å²) in [6.07, 6.45) is 0.634. The second-order valence-electron chi connectivity index (χ2n) is 3.72. The zero-order valence-electron chi connectivity index (χ0n) is 9.03. The lowest BCUT2D eigenvalue weighted by Gasteiger charge is -2.23. The van der Waals surface area contributed by atoms with Crippen LogP contribution in [0.5, 0.6) is 5.75 Å². The van der Waals surface area contributed by atoms with Crippen LogP contribution in [0.1, 0.15) is 12.5 Å². The van der Waals surface area contributed by atoms with Crippen molar-refractivity contribution in [1.29, 1.82) is 0 Å². The van der Waals surface area contributed by atoms with E-state index in [-0.39, 0.29) is 11.9 Å². The number of esters is 1. The van der Waals surface area contributed by atoms with Gasteiger partial charge in [-0.1, -0.05) is 11.6 Å². The molecular weight excluding hydrogens is 228 g/mol. The van der Waals surface area contributed by atoms with Gasteiger partial charge in [-0.2, -0.15) is 0 Å². The van der Waals surface area contributed by atoms with Crippen LogP contribution in [0.15, 0.2) is 18.2 Å². The van der Waals surface area contributed by atoms with Gasteiger partial charge in [0.2, 0.25) is 0 Å². The SMILES string of the molecule is CCOC(=O)C1COc2ccc(Cl)cc2C1. The van der Waals surface area contributed by atoms with Crippen molar-refractivity contribution in [2.24, 2.45) is 5.92 Å². The fraction of sp³-hybridized carbons (Fsp3) is 0.417. The second-order valence-corrected chi connectivity index (χ2v) is 4.15. The Morgan fingerprint density at radius 2 is 2.44 bits per heavy atom. The number of ether oxygens (including phenoxy) is 2. The minimum Gasteiger partial charge on any atom is -0.492 e.